The second-order valence-electron chi connectivity index (χ2n) is 7.88. The van der Waals surface area contributed by atoms with Crippen LogP contribution in [0.1, 0.15) is 18.0 Å². The number of anilines is 2. The quantitative estimate of drug-likeness (QED) is 0.0980. The van der Waals surface area contributed by atoms with Gasteiger partial charge in [-0.05, 0) is 42.0 Å². The molecule has 4 N–H and O–H groups in total. The van der Waals surface area contributed by atoms with Crippen LogP contribution in [-0.4, -0.2) is 26.2 Å². The molecule has 0 aliphatic carbocycles. The van der Waals surface area contributed by atoms with Gasteiger partial charge in [0.15, 0.2) is 16.7 Å². The van der Waals surface area contributed by atoms with Gasteiger partial charge in [0.05, 0.1) is 22.7 Å². The van der Waals surface area contributed by atoms with Crippen molar-refractivity contribution < 1.29 is 14.5 Å². The molecule has 1 heterocycles. The molecule has 0 spiro atoms. The van der Waals surface area contributed by atoms with E-state index >= 15 is 0 Å². The lowest BCUT2D eigenvalue weighted by Gasteiger charge is -2.15. The summed E-state index contributed by atoms with van der Waals surface area (Å²) >= 11 is 5.38. The van der Waals surface area contributed by atoms with E-state index in [-0.39, 0.29) is 23.0 Å². The van der Waals surface area contributed by atoms with Crippen LogP contribution in [0.5, 0.6) is 5.75 Å². The number of para-hydroxylation sites is 2. The fraction of sp³-hybridized carbons (Fsp3) is 0.0769. The molecule has 1 aromatic heterocycles. The number of ether oxygens (including phenoxy) is 1. The van der Waals surface area contributed by atoms with E-state index < -0.39 is 16.9 Å². The van der Waals surface area contributed by atoms with Gasteiger partial charge >= 0.3 is 5.97 Å². The van der Waals surface area contributed by atoms with E-state index in [0.717, 1.165) is 11.3 Å². The van der Waals surface area contributed by atoms with Gasteiger partial charge < -0.3 is 21.1 Å². The molecule has 37 heavy (non-hydrogen) atoms. The molecule has 186 valence electrons. The number of nitrogens with one attached hydrogen (secondary N) is 2. The number of carbonyl (C=O) groups excluding carboxylic acids is 1. The molecule has 0 amide bonds. The van der Waals surface area contributed by atoms with E-state index in [9.17, 15) is 14.9 Å². The lowest BCUT2D eigenvalue weighted by Crippen LogP contribution is -2.22. The SMILES string of the molecule is NC(CC(=O)Oc1ccccc1NC(=S)Nc1ccc(-c2ccccc2)nn1)c1cccc([N+](=O)[O-])c1. The van der Waals surface area contributed by atoms with Crippen LogP contribution in [0, 0.1) is 10.1 Å². The molecule has 10 nitrogen and oxygen atoms in total. The van der Waals surface area contributed by atoms with Gasteiger partial charge in [-0.15, -0.1) is 10.2 Å². The van der Waals surface area contributed by atoms with E-state index in [1.54, 1.807) is 36.4 Å². The minimum Gasteiger partial charge on any atom is -0.424 e. The minimum atomic E-state index is -0.771. The van der Waals surface area contributed by atoms with Crippen molar-refractivity contribution in [3.05, 3.63) is 107 Å². The number of aromatic nitrogens is 2. The Kier molecular flexibility index (Phi) is 8.08. The fourth-order valence-electron chi connectivity index (χ4n) is 3.42. The Morgan fingerprint density at radius 3 is 2.46 bits per heavy atom. The third-order valence-electron chi connectivity index (χ3n) is 5.23. The number of nitrogens with two attached hydrogens (primary N) is 1. The Morgan fingerprint density at radius 1 is 0.973 bits per heavy atom. The number of esters is 1. The van der Waals surface area contributed by atoms with Crippen LogP contribution < -0.4 is 21.1 Å². The van der Waals surface area contributed by atoms with Crippen LogP contribution in [0.15, 0.2) is 91.0 Å². The predicted molar refractivity (Wildman–Crippen MR) is 144 cm³/mol. The van der Waals surface area contributed by atoms with Gasteiger partial charge in [0, 0.05) is 23.7 Å². The maximum atomic E-state index is 12.6. The van der Waals surface area contributed by atoms with Crippen molar-refractivity contribution in [1.82, 2.24) is 10.2 Å². The summed E-state index contributed by atoms with van der Waals surface area (Å²) in [5.41, 5.74) is 8.57. The van der Waals surface area contributed by atoms with Crippen LogP contribution >= 0.6 is 12.2 Å². The topological polar surface area (TPSA) is 145 Å². The number of non-ortho nitro benzene ring substituents is 1. The summed E-state index contributed by atoms with van der Waals surface area (Å²) in [5, 5.41) is 25.5. The summed E-state index contributed by atoms with van der Waals surface area (Å²) < 4.78 is 5.50. The van der Waals surface area contributed by atoms with Crippen molar-refractivity contribution in [3.63, 3.8) is 0 Å². The number of nitro benzene ring substituents is 1. The first kappa shape index (κ1) is 25.4. The molecule has 0 aliphatic rings. The van der Waals surface area contributed by atoms with Crippen molar-refractivity contribution in [2.75, 3.05) is 10.6 Å². The Balaban J connectivity index is 1.36. The normalized spacial score (nSPS) is 11.3. The average molecular weight is 515 g/mol. The van der Waals surface area contributed by atoms with Gasteiger partial charge in [-0.3, -0.25) is 14.9 Å². The van der Waals surface area contributed by atoms with Gasteiger partial charge in [-0.25, -0.2) is 0 Å². The molecule has 1 unspecified atom stereocenters. The van der Waals surface area contributed by atoms with Crippen LogP contribution in [0.2, 0.25) is 0 Å². The van der Waals surface area contributed by atoms with E-state index in [4.69, 9.17) is 22.7 Å². The molecule has 4 rings (SSSR count). The van der Waals surface area contributed by atoms with Crippen LogP contribution in [0.25, 0.3) is 11.3 Å². The van der Waals surface area contributed by atoms with Crippen molar-refractivity contribution >= 4 is 40.5 Å². The Morgan fingerprint density at radius 2 is 1.73 bits per heavy atom. The van der Waals surface area contributed by atoms with Crippen LogP contribution in [0.4, 0.5) is 17.2 Å². The molecule has 0 fully saturated rings. The number of hydrogen-bond acceptors (Lipinski definition) is 8. The lowest BCUT2D eigenvalue weighted by molar-refractivity contribution is -0.384. The first-order valence-electron chi connectivity index (χ1n) is 11.2. The third-order valence-corrected chi connectivity index (χ3v) is 5.43. The smallest absolute Gasteiger partial charge is 0.313 e. The standard InChI is InChI=1S/C26H22N6O4S/c27-20(18-9-6-10-19(15-18)32(34)35)16-25(33)36-23-12-5-4-11-22(23)28-26(37)29-24-14-13-21(30-31-24)17-7-2-1-3-8-17/h1-15,20H,16,27H2,(H2,28,29,31,37). The highest BCUT2D eigenvalue weighted by molar-refractivity contribution is 7.80. The molecule has 0 bridgehead atoms. The third kappa shape index (κ3) is 6.90. The largest absolute Gasteiger partial charge is 0.424 e. The second kappa shape index (κ2) is 11.8. The van der Waals surface area contributed by atoms with Gasteiger partial charge in [0.2, 0.25) is 0 Å². The van der Waals surface area contributed by atoms with E-state index in [2.05, 4.69) is 20.8 Å². The number of carbonyl (C=O) groups is 1. The number of hydrogen-bond donors (Lipinski definition) is 3. The summed E-state index contributed by atoms with van der Waals surface area (Å²) in [6, 6.07) is 25.1. The number of benzene rings is 3. The molecule has 0 saturated heterocycles. The zero-order chi connectivity index (χ0) is 26.2. The summed E-state index contributed by atoms with van der Waals surface area (Å²) in [7, 11) is 0. The minimum absolute atomic E-state index is 0.101. The first-order valence-corrected chi connectivity index (χ1v) is 11.6. The highest BCUT2D eigenvalue weighted by Crippen LogP contribution is 2.26. The van der Waals surface area contributed by atoms with Gasteiger partial charge in [0.1, 0.15) is 0 Å². The maximum absolute atomic E-state index is 12.6. The summed E-state index contributed by atoms with van der Waals surface area (Å²) in [4.78, 5) is 23.0. The number of thiocarbonyl (C=S) groups is 1. The maximum Gasteiger partial charge on any atom is 0.313 e. The van der Waals surface area contributed by atoms with E-state index in [1.165, 1.54) is 18.2 Å². The highest BCUT2D eigenvalue weighted by atomic mass is 32.1. The molecule has 3 aromatic carbocycles. The number of rotatable bonds is 8. The summed E-state index contributed by atoms with van der Waals surface area (Å²) in [5.74, 6) is 0.0810. The molecule has 1 atom stereocenters. The van der Waals surface area contributed by atoms with Gasteiger partial charge in [0.25, 0.3) is 5.69 Å². The van der Waals surface area contributed by atoms with Gasteiger partial charge in [-0.2, -0.15) is 0 Å². The van der Waals surface area contributed by atoms with Crippen LogP contribution in [-0.2, 0) is 4.79 Å². The highest BCUT2D eigenvalue weighted by Gasteiger charge is 2.17. The molecular weight excluding hydrogens is 492 g/mol. The molecule has 4 aromatic rings. The zero-order valence-electron chi connectivity index (χ0n) is 19.4. The predicted octanol–water partition coefficient (Wildman–Crippen LogP) is 4.86. The lowest BCUT2D eigenvalue weighted by atomic mass is 10.0. The van der Waals surface area contributed by atoms with Crippen LogP contribution in [0.3, 0.4) is 0 Å². The van der Waals surface area contributed by atoms with Crippen molar-refractivity contribution in [1.29, 1.82) is 0 Å². The van der Waals surface area contributed by atoms with E-state index in [1.807, 2.05) is 36.4 Å². The monoisotopic (exact) mass is 514 g/mol. The molecule has 0 radical (unpaired) electrons. The number of nitro groups is 1. The van der Waals surface area contributed by atoms with E-state index in [0.29, 0.717) is 17.1 Å². The van der Waals surface area contributed by atoms with Crippen molar-refractivity contribution in [2.45, 2.75) is 12.5 Å². The van der Waals surface area contributed by atoms with Crippen molar-refractivity contribution in [3.8, 4) is 17.0 Å². The summed E-state index contributed by atoms with van der Waals surface area (Å²) in [6.45, 7) is 0. The molecular formula is C26H22N6O4S. The summed E-state index contributed by atoms with van der Waals surface area (Å²) in [6.07, 6.45) is -0.179. The molecule has 0 saturated carbocycles. The second-order valence-corrected chi connectivity index (χ2v) is 8.29. The number of nitrogens with zero attached hydrogens (tertiary/aromatic N) is 3. The fourth-order valence-corrected chi connectivity index (χ4v) is 3.64. The Hall–Kier alpha value is -4.74. The Bertz CT molecular complexity index is 1420. The molecule has 11 heteroatoms. The van der Waals surface area contributed by atoms with Crippen molar-refractivity contribution in [2.24, 2.45) is 5.73 Å². The molecule has 0 aliphatic heterocycles. The first-order chi connectivity index (χ1) is 17.9. The van der Waals surface area contributed by atoms with Gasteiger partial charge in [-0.1, -0.05) is 54.6 Å². The Labute approximate surface area is 217 Å². The average Bonchev–Trinajstić information content (AvgIpc) is 2.90. The zero-order valence-corrected chi connectivity index (χ0v) is 20.2.